The molecule has 2 rings (SSSR count). The second-order valence-corrected chi connectivity index (χ2v) is 6.48. The van der Waals surface area contributed by atoms with Gasteiger partial charge in [-0.2, -0.15) is 0 Å². The standard InChI is InChI=1S/C16H22N2S/c1-11(2)17-10-15-13(4)18-16(19-15)9-14-7-5-12(3)6-8-14/h5-8,11,17H,9-10H2,1-4H3. The first-order valence-electron chi connectivity index (χ1n) is 6.78. The molecule has 1 N–H and O–H groups in total. The fourth-order valence-electron chi connectivity index (χ4n) is 1.91. The Hall–Kier alpha value is -1.19. The van der Waals surface area contributed by atoms with Crippen LogP contribution in [0.1, 0.15) is 40.6 Å². The van der Waals surface area contributed by atoms with Crippen LogP contribution in [0.25, 0.3) is 0 Å². The number of thiazole rings is 1. The Balaban J connectivity index is 2.05. The molecule has 102 valence electrons. The summed E-state index contributed by atoms with van der Waals surface area (Å²) < 4.78 is 0. The fourth-order valence-corrected chi connectivity index (χ4v) is 2.96. The zero-order valence-corrected chi connectivity index (χ0v) is 13.0. The number of hydrogen-bond donors (Lipinski definition) is 1. The van der Waals surface area contributed by atoms with Crippen LogP contribution < -0.4 is 5.32 Å². The zero-order chi connectivity index (χ0) is 13.8. The van der Waals surface area contributed by atoms with Crippen molar-refractivity contribution in [2.45, 2.75) is 46.7 Å². The minimum Gasteiger partial charge on any atom is -0.310 e. The smallest absolute Gasteiger partial charge is 0.0975 e. The summed E-state index contributed by atoms with van der Waals surface area (Å²) in [6.45, 7) is 9.49. The summed E-state index contributed by atoms with van der Waals surface area (Å²) >= 11 is 1.83. The molecule has 0 aliphatic heterocycles. The van der Waals surface area contributed by atoms with E-state index in [2.05, 4.69) is 62.3 Å². The van der Waals surface area contributed by atoms with Crippen molar-refractivity contribution in [1.29, 1.82) is 0 Å². The van der Waals surface area contributed by atoms with Crippen LogP contribution in [0.3, 0.4) is 0 Å². The second-order valence-electron chi connectivity index (χ2n) is 5.31. The van der Waals surface area contributed by atoms with E-state index < -0.39 is 0 Å². The van der Waals surface area contributed by atoms with Crippen LogP contribution in [0, 0.1) is 13.8 Å². The van der Waals surface area contributed by atoms with Crippen molar-refractivity contribution in [3.05, 3.63) is 51.0 Å². The number of rotatable bonds is 5. The molecule has 19 heavy (non-hydrogen) atoms. The molecular weight excluding hydrogens is 252 g/mol. The van der Waals surface area contributed by atoms with Crippen LogP contribution in [0.2, 0.25) is 0 Å². The van der Waals surface area contributed by atoms with E-state index in [-0.39, 0.29) is 0 Å². The van der Waals surface area contributed by atoms with E-state index in [0.717, 1.165) is 13.0 Å². The summed E-state index contributed by atoms with van der Waals surface area (Å²) in [7, 11) is 0. The Morgan fingerprint density at radius 3 is 2.47 bits per heavy atom. The number of hydrogen-bond acceptors (Lipinski definition) is 3. The number of nitrogens with zero attached hydrogens (tertiary/aromatic N) is 1. The molecule has 1 heterocycles. The average Bonchev–Trinajstić information content (AvgIpc) is 2.70. The molecule has 1 aromatic carbocycles. The van der Waals surface area contributed by atoms with Gasteiger partial charge in [-0.15, -0.1) is 11.3 Å². The minimum atomic E-state index is 0.516. The van der Waals surface area contributed by atoms with E-state index in [1.807, 2.05) is 11.3 Å². The maximum atomic E-state index is 4.68. The lowest BCUT2D eigenvalue weighted by Gasteiger charge is -2.05. The number of aromatic nitrogens is 1. The first-order valence-corrected chi connectivity index (χ1v) is 7.60. The zero-order valence-electron chi connectivity index (χ0n) is 12.2. The van der Waals surface area contributed by atoms with Crippen LogP contribution in [-0.4, -0.2) is 11.0 Å². The summed E-state index contributed by atoms with van der Waals surface area (Å²) in [5.41, 5.74) is 3.81. The second kappa shape index (κ2) is 6.31. The van der Waals surface area contributed by atoms with E-state index in [4.69, 9.17) is 0 Å². The number of nitrogens with one attached hydrogen (secondary N) is 1. The van der Waals surface area contributed by atoms with Gasteiger partial charge in [-0.05, 0) is 19.4 Å². The molecule has 0 amide bonds. The van der Waals surface area contributed by atoms with E-state index in [1.54, 1.807) is 0 Å². The van der Waals surface area contributed by atoms with Crippen LogP contribution in [0.5, 0.6) is 0 Å². The topological polar surface area (TPSA) is 24.9 Å². The quantitative estimate of drug-likeness (QED) is 0.896. The lowest BCUT2D eigenvalue weighted by molar-refractivity contribution is 0.591. The van der Waals surface area contributed by atoms with Gasteiger partial charge < -0.3 is 5.32 Å². The first kappa shape index (κ1) is 14.2. The van der Waals surface area contributed by atoms with Gasteiger partial charge in [0.2, 0.25) is 0 Å². The summed E-state index contributed by atoms with van der Waals surface area (Å²) in [6.07, 6.45) is 0.938. The van der Waals surface area contributed by atoms with Gasteiger partial charge in [-0.3, -0.25) is 0 Å². The van der Waals surface area contributed by atoms with Gasteiger partial charge in [0, 0.05) is 23.9 Å². The molecule has 0 saturated carbocycles. The van der Waals surface area contributed by atoms with Crippen molar-refractivity contribution in [3.63, 3.8) is 0 Å². The predicted molar refractivity (Wildman–Crippen MR) is 82.8 cm³/mol. The Morgan fingerprint density at radius 1 is 1.16 bits per heavy atom. The largest absolute Gasteiger partial charge is 0.310 e. The average molecular weight is 274 g/mol. The maximum Gasteiger partial charge on any atom is 0.0975 e. The molecule has 3 heteroatoms. The molecule has 0 aliphatic rings. The van der Waals surface area contributed by atoms with Crippen LogP contribution in [0.4, 0.5) is 0 Å². The molecule has 0 bridgehead atoms. The van der Waals surface area contributed by atoms with Crippen molar-refractivity contribution in [2.75, 3.05) is 0 Å². The molecule has 0 atom stereocenters. The van der Waals surface area contributed by atoms with E-state index in [9.17, 15) is 0 Å². The molecule has 1 aromatic heterocycles. The summed E-state index contributed by atoms with van der Waals surface area (Å²) in [5, 5.41) is 4.67. The predicted octanol–water partition coefficient (Wildman–Crippen LogP) is 3.85. The molecule has 2 nitrogen and oxygen atoms in total. The van der Waals surface area contributed by atoms with Crippen molar-refractivity contribution in [1.82, 2.24) is 10.3 Å². The maximum absolute atomic E-state index is 4.68. The highest BCUT2D eigenvalue weighted by Crippen LogP contribution is 2.21. The van der Waals surface area contributed by atoms with E-state index in [1.165, 1.54) is 26.7 Å². The van der Waals surface area contributed by atoms with Gasteiger partial charge in [0.15, 0.2) is 0 Å². The van der Waals surface area contributed by atoms with Crippen molar-refractivity contribution < 1.29 is 0 Å². The normalized spacial score (nSPS) is 11.2. The van der Waals surface area contributed by atoms with Crippen molar-refractivity contribution in [3.8, 4) is 0 Å². The molecule has 0 unspecified atom stereocenters. The summed E-state index contributed by atoms with van der Waals surface area (Å²) in [6, 6.07) is 9.23. The van der Waals surface area contributed by atoms with Crippen molar-refractivity contribution >= 4 is 11.3 Å². The highest BCUT2D eigenvalue weighted by Gasteiger charge is 2.08. The third-order valence-electron chi connectivity index (χ3n) is 3.08. The van der Waals surface area contributed by atoms with Gasteiger partial charge in [-0.1, -0.05) is 43.7 Å². The van der Waals surface area contributed by atoms with Gasteiger partial charge in [0.1, 0.15) is 0 Å². The third kappa shape index (κ3) is 4.15. The van der Waals surface area contributed by atoms with Crippen LogP contribution >= 0.6 is 11.3 Å². The summed E-state index contributed by atoms with van der Waals surface area (Å²) in [5.74, 6) is 0. The molecule has 0 saturated heterocycles. The molecule has 0 radical (unpaired) electrons. The molecule has 0 fully saturated rings. The van der Waals surface area contributed by atoms with E-state index in [0.29, 0.717) is 6.04 Å². The third-order valence-corrected chi connectivity index (χ3v) is 4.24. The van der Waals surface area contributed by atoms with Gasteiger partial charge in [0.25, 0.3) is 0 Å². The Labute approximate surface area is 119 Å². The number of benzene rings is 1. The lowest BCUT2D eigenvalue weighted by atomic mass is 10.1. The van der Waals surface area contributed by atoms with Gasteiger partial charge >= 0.3 is 0 Å². The minimum absolute atomic E-state index is 0.516. The lowest BCUT2D eigenvalue weighted by Crippen LogP contribution is -2.21. The molecule has 2 aromatic rings. The summed E-state index contributed by atoms with van der Waals surface area (Å²) in [4.78, 5) is 6.04. The van der Waals surface area contributed by atoms with Gasteiger partial charge in [0.05, 0.1) is 10.7 Å². The Bertz CT molecular complexity index is 526. The van der Waals surface area contributed by atoms with Gasteiger partial charge in [-0.25, -0.2) is 4.98 Å². The highest BCUT2D eigenvalue weighted by molar-refractivity contribution is 7.11. The van der Waals surface area contributed by atoms with Crippen LogP contribution in [0.15, 0.2) is 24.3 Å². The Morgan fingerprint density at radius 2 is 1.84 bits per heavy atom. The monoisotopic (exact) mass is 274 g/mol. The SMILES string of the molecule is Cc1ccc(Cc2nc(C)c(CNC(C)C)s2)cc1. The molecule has 0 aliphatic carbocycles. The van der Waals surface area contributed by atoms with Crippen molar-refractivity contribution in [2.24, 2.45) is 0 Å². The number of aryl methyl sites for hydroxylation is 2. The fraction of sp³-hybridized carbons (Fsp3) is 0.438. The molecule has 0 spiro atoms. The highest BCUT2D eigenvalue weighted by atomic mass is 32.1. The Kier molecular flexibility index (Phi) is 4.72. The van der Waals surface area contributed by atoms with Crippen LogP contribution in [-0.2, 0) is 13.0 Å². The molecular formula is C16H22N2S. The van der Waals surface area contributed by atoms with E-state index >= 15 is 0 Å². The first-order chi connectivity index (χ1) is 9.04.